The first kappa shape index (κ1) is 12.8. The lowest BCUT2D eigenvalue weighted by Gasteiger charge is -2.28. The van der Waals surface area contributed by atoms with Gasteiger partial charge in [0, 0.05) is 6.04 Å². The number of hydrogen-bond donors (Lipinski definition) is 1. The molecule has 1 heteroatoms. The van der Waals surface area contributed by atoms with E-state index in [1.807, 2.05) is 0 Å². The van der Waals surface area contributed by atoms with Crippen molar-refractivity contribution < 1.29 is 0 Å². The molecule has 0 aromatic carbocycles. The fourth-order valence-electron chi connectivity index (χ4n) is 2.43. The summed E-state index contributed by atoms with van der Waals surface area (Å²) in [5.74, 6) is 2.37. The predicted molar refractivity (Wildman–Crippen MR) is 67.9 cm³/mol. The van der Waals surface area contributed by atoms with E-state index in [0.717, 1.165) is 17.8 Å². The minimum Gasteiger partial charge on any atom is -0.314 e. The van der Waals surface area contributed by atoms with E-state index in [2.05, 4.69) is 46.0 Å². The number of hydrogen-bond acceptors (Lipinski definition) is 1. The Morgan fingerprint density at radius 3 is 2.60 bits per heavy atom. The van der Waals surface area contributed by atoms with Gasteiger partial charge < -0.3 is 5.32 Å². The van der Waals surface area contributed by atoms with Gasteiger partial charge in [0.25, 0.3) is 0 Å². The van der Waals surface area contributed by atoms with Gasteiger partial charge in [-0.1, -0.05) is 32.4 Å². The molecule has 1 aliphatic carbocycles. The molecule has 15 heavy (non-hydrogen) atoms. The minimum absolute atomic E-state index is 0.645. The summed E-state index contributed by atoms with van der Waals surface area (Å²) < 4.78 is 0. The van der Waals surface area contributed by atoms with E-state index < -0.39 is 0 Å². The quantitative estimate of drug-likeness (QED) is 0.697. The molecule has 0 spiro atoms. The molecule has 3 unspecified atom stereocenters. The summed E-state index contributed by atoms with van der Waals surface area (Å²) in [6, 6.07) is 0.645. The van der Waals surface area contributed by atoms with Crippen molar-refractivity contribution in [3.8, 4) is 0 Å². The molecule has 0 radical (unpaired) electrons. The summed E-state index contributed by atoms with van der Waals surface area (Å²) in [7, 11) is 0. The van der Waals surface area contributed by atoms with E-state index in [9.17, 15) is 0 Å². The Morgan fingerprint density at radius 1 is 1.40 bits per heavy atom. The molecule has 0 aliphatic heterocycles. The molecule has 1 rings (SSSR count). The van der Waals surface area contributed by atoms with Crippen LogP contribution in [-0.2, 0) is 0 Å². The first-order valence-corrected chi connectivity index (χ1v) is 6.39. The number of nitrogens with one attached hydrogen (secondary N) is 1. The van der Waals surface area contributed by atoms with Crippen molar-refractivity contribution in [2.24, 2.45) is 17.8 Å². The van der Waals surface area contributed by atoms with Crippen LogP contribution in [0.4, 0.5) is 0 Å². The maximum atomic E-state index is 3.67. The lowest BCUT2D eigenvalue weighted by molar-refractivity contribution is 0.338. The van der Waals surface area contributed by atoms with Gasteiger partial charge >= 0.3 is 0 Å². The molecule has 1 N–H and O–H groups in total. The second-order valence-corrected chi connectivity index (χ2v) is 5.74. The summed E-state index contributed by atoms with van der Waals surface area (Å²) in [5, 5.41) is 3.67. The van der Waals surface area contributed by atoms with E-state index in [4.69, 9.17) is 0 Å². The molecule has 1 nitrogen and oxygen atoms in total. The Morgan fingerprint density at radius 2 is 2.07 bits per heavy atom. The predicted octanol–water partition coefficient (Wildman–Crippen LogP) is 3.61. The molecule has 3 atom stereocenters. The van der Waals surface area contributed by atoms with Crippen LogP contribution in [0.1, 0.15) is 47.5 Å². The Hall–Kier alpha value is -0.300. The molecule has 1 aliphatic rings. The van der Waals surface area contributed by atoms with Crippen LogP contribution in [0.5, 0.6) is 0 Å². The fraction of sp³-hybridized carbons (Fsp3) is 0.857. The molecule has 88 valence electrons. The lowest BCUT2D eigenvalue weighted by Crippen LogP contribution is -2.35. The highest BCUT2D eigenvalue weighted by molar-refractivity contribution is 5.06. The molecular formula is C14H27N. The molecule has 0 heterocycles. The van der Waals surface area contributed by atoms with Gasteiger partial charge in [0.2, 0.25) is 0 Å². The van der Waals surface area contributed by atoms with Crippen molar-refractivity contribution in [2.45, 2.75) is 53.5 Å². The van der Waals surface area contributed by atoms with Gasteiger partial charge in [-0.15, -0.1) is 0 Å². The zero-order valence-electron chi connectivity index (χ0n) is 11.0. The second-order valence-electron chi connectivity index (χ2n) is 5.74. The van der Waals surface area contributed by atoms with Crippen LogP contribution in [0.2, 0.25) is 0 Å². The molecule has 0 fully saturated rings. The standard InChI is InChI=1S/C14H27N/c1-10(2)13(5)15-9-14-7-11(3)6-12(4)8-14/h6,10-11,13-15H,7-9H2,1-5H3. The van der Waals surface area contributed by atoms with E-state index in [1.54, 1.807) is 5.57 Å². The molecule has 0 saturated heterocycles. The summed E-state index contributed by atoms with van der Waals surface area (Å²) in [4.78, 5) is 0. The van der Waals surface area contributed by atoms with Gasteiger partial charge in [-0.05, 0) is 51.0 Å². The molecule has 0 amide bonds. The highest BCUT2D eigenvalue weighted by Gasteiger charge is 2.18. The van der Waals surface area contributed by atoms with Gasteiger partial charge in [0.05, 0.1) is 0 Å². The van der Waals surface area contributed by atoms with Crippen LogP contribution in [0, 0.1) is 17.8 Å². The topological polar surface area (TPSA) is 12.0 Å². The van der Waals surface area contributed by atoms with Gasteiger partial charge in [-0.25, -0.2) is 0 Å². The molecule has 0 saturated carbocycles. The Kier molecular flexibility index (Phi) is 4.85. The second kappa shape index (κ2) is 5.69. The third-order valence-corrected chi connectivity index (χ3v) is 3.61. The Labute approximate surface area is 95.3 Å². The van der Waals surface area contributed by atoms with Crippen molar-refractivity contribution in [1.82, 2.24) is 5.32 Å². The molecule has 0 aromatic heterocycles. The summed E-state index contributed by atoms with van der Waals surface area (Å²) in [6.07, 6.45) is 5.08. The Balaban J connectivity index is 2.31. The van der Waals surface area contributed by atoms with Crippen molar-refractivity contribution >= 4 is 0 Å². The van der Waals surface area contributed by atoms with E-state index in [-0.39, 0.29) is 0 Å². The maximum Gasteiger partial charge on any atom is 0.00618 e. The SMILES string of the molecule is CC1=CC(C)CC(CNC(C)C(C)C)C1. The van der Waals surface area contributed by atoms with Crippen LogP contribution >= 0.6 is 0 Å². The van der Waals surface area contributed by atoms with E-state index in [1.165, 1.54) is 19.4 Å². The molecular weight excluding hydrogens is 182 g/mol. The largest absolute Gasteiger partial charge is 0.314 e. The van der Waals surface area contributed by atoms with Crippen molar-refractivity contribution in [3.63, 3.8) is 0 Å². The van der Waals surface area contributed by atoms with Gasteiger partial charge in [-0.3, -0.25) is 0 Å². The highest BCUT2D eigenvalue weighted by Crippen LogP contribution is 2.27. The average Bonchev–Trinajstić information content (AvgIpc) is 2.12. The Bertz CT molecular complexity index is 217. The van der Waals surface area contributed by atoms with Crippen LogP contribution in [-0.4, -0.2) is 12.6 Å². The summed E-state index contributed by atoms with van der Waals surface area (Å²) in [6.45, 7) is 12.7. The smallest absolute Gasteiger partial charge is 0.00618 e. The van der Waals surface area contributed by atoms with Gasteiger partial charge in [-0.2, -0.15) is 0 Å². The van der Waals surface area contributed by atoms with Crippen LogP contribution < -0.4 is 5.32 Å². The normalized spacial score (nSPS) is 29.1. The molecule has 0 bridgehead atoms. The molecule has 0 aromatic rings. The first-order chi connectivity index (χ1) is 6.99. The van der Waals surface area contributed by atoms with Gasteiger partial charge in [0.1, 0.15) is 0 Å². The van der Waals surface area contributed by atoms with Gasteiger partial charge in [0.15, 0.2) is 0 Å². The van der Waals surface area contributed by atoms with Crippen LogP contribution in [0.25, 0.3) is 0 Å². The highest BCUT2D eigenvalue weighted by atomic mass is 14.9. The van der Waals surface area contributed by atoms with Crippen molar-refractivity contribution in [1.29, 1.82) is 0 Å². The zero-order valence-corrected chi connectivity index (χ0v) is 11.0. The van der Waals surface area contributed by atoms with Crippen LogP contribution in [0.15, 0.2) is 11.6 Å². The third-order valence-electron chi connectivity index (χ3n) is 3.61. The minimum atomic E-state index is 0.645. The summed E-state index contributed by atoms with van der Waals surface area (Å²) in [5.41, 5.74) is 1.58. The lowest BCUT2D eigenvalue weighted by atomic mass is 9.83. The van der Waals surface area contributed by atoms with E-state index in [0.29, 0.717) is 6.04 Å². The first-order valence-electron chi connectivity index (χ1n) is 6.39. The third kappa shape index (κ3) is 4.38. The number of rotatable bonds is 4. The van der Waals surface area contributed by atoms with E-state index >= 15 is 0 Å². The van der Waals surface area contributed by atoms with Crippen LogP contribution in [0.3, 0.4) is 0 Å². The summed E-state index contributed by atoms with van der Waals surface area (Å²) >= 11 is 0. The number of allylic oxidation sites excluding steroid dienone is 2. The van der Waals surface area contributed by atoms with Crippen molar-refractivity contribution in [3.05, 3.63) is 11.6 Å². The maximum absolute atomic E-state index is 3.67. The fourth-order valence-corrected chi connectivity index (χ4v) is 2.43. The monoisotopic (exact) mass is 209 g/mol. The van der Waals surface area contributed by atoms with Crippen molar-refractivity contribution in [2.75, 3.05) is 6.54 Å². The zero-order chi connectivity index (χ0) is 11.4. The average molecular weight is 209 g/mol.